The van der Waals surface area contributed by atoms with Gasteiger partial charge in [-0.05, 0) is 184 Å². The first kappa shape index (κ1) is 63.6. The van der Waals surface area contributed by atoms with Crippen molar-refractivity contribution in [3.8, 4) is 22.7 Å². The monoisotopic (exact) mass is 1430 g/mol. The van der Waals surface area contributed by atoms with Gasteiger partial charge in [0.05, 0.1) is 66.5 Å². The number of imidazole rings is 2. The summed E-state index contributed by atoms with van der Waals surface area (Å²) in [5, 5.41) is 16.9. The van der Waals surface area contributed by atoms with Crippen molar-refractivity contribution in [1.29, 1.82) is 0 Å². The van der Waals surface area contributed by atoms with E-state index in [2.05, 4.69) is 372 Å². The van der Waals surface area contributed by atoms with E-state index in [4.69, 9.17) is 22.7 Å². The van der Waals surface area contributed by atoms with Crippen LogP contribution in [0.5, 0.6) is 0 Å². The Labute approximate surface area is 634 Å². The molecule has 0 saturated carbocycles. The van der Waals surface area contributed by atoms with Crippen molar-refractivity contribution in [3.63, 3.8) is 0 Å². The minimum atomic E-state index is 0.907. The Morgan fingerprint density at radius 3 is 1.12 bits per heavy atom. The lowest BCUT2D eigenvalue weighted by Crippen LogP contribution is -1.94. The number of hydrogen-bond donors (Lipinski definition) is 0. The molecule has 25 rings (SSSR count). The highest BCUT2D eigenvalue weighted by atomic mass is 16.3. The molecule has 0 radical (unpaired) electrons. The molecule has 526 valence electrons. The Hall–Kier alpha value is -14.6. The quantitative estimate of drug-likeness (QED) is 0.175. The molecular formula is C101H68N6O4. The third-order valence-electron chi connectivity index (χ3n) is 22.5. The molecule has 0 atom stereocenters. The van der Waals surface area contributed by atoms with E-state index < -0.39 is 0 Å². The van der Waals surface area contributed by atoms with E-state index in [1.165, 1.54) is 92.9 Å². The van der Waals surface area contributed by atoms with Crippen LogP contribution < -0.4 is 0 Å². The summed E-state index contributed by atoms with van der Waals surface area (Å²) < 4.78 is 36.1. The number of benzene rings is 16. The standard InChI is InChI=1S/C26H17N3O.3C25H17NO/c1-16-7-6-8-18-19-15-17(13-14-24(19)30-25(16)18)28-22-11-4-5-12-23(22)29-21-10-3-2-9-20(21)27-26(28)29;1-16-7-6-10-20-21-15-17(13-14-24(21)27-25(16)20)26-22-11-4-2-8-18(22)19-9-3-5-12-23(19)26;1-16-13-14-24-20(15-16)19-9-6-12-23(25(19)27-24)26-21-10-4-2-7-17(21)18-8-3-5-11-22(18)26;1-16-10-12-23-20(14-16)18-6-2-4-8-22(18)26(23)17-11-13-25-21(15-17)19-7-3-5-9-24(19)27-25/h2-15H,1H3;3*2-15H,1H3. The molecule has 25 aromatic rings. The van der Waals surface area contributed by atoms with Crippen LogP contribution in [0.3, 0.4) is 0 Å². The lowest BCUT2D eigenvalue weighted by Gasteiger charge is -2.08. The summed E-state index contributed by atoms with van der Waals surface area (Å²) in [7, 11) is 0. The van der Waals surface area contributed by atoms with Crippen LogP contribution in [0.2, 0.25) is 0 Å². The summed E-state index contributed by atoms with van der Waals surface area (Å²) in [6.07, 6.45) is 0. The van der Waals surface area contributed by atoms with Gasteiger partial charge in [0.15, 0.2) is 5.58 Å². The van der Waals surface area contributed by atoms with E-state index in [1.807, 2.05) is 18.2 Å². The summed E-state index contributed by atoms with van der Waals surface area (Å²) >= 11 is 0. The fraction of sp³-hybridized carbons (Fsp3) is 0.0396. The van der Waals surface area contributed by atoms with Crippen molar-refractivity contribution in [1.82, 2.24) is 27.7 Å². The Bertz CT molecular complexity index is 8010. The van der Waals surface area contributed by atoms with E-state index in [9.17, 15) is 0 Å². The maximum absolute atomic E-state index is 6.34. The third-order valence-corrected chi connectivity index (χ3v) is 22.5. The first-order valence-electron chi connectivity index (χ1n) is 37.7. The van der Waals surface area contributed by atoms with E-state index in [0.717, 1.165) is 133 Å². The molecule has 0 amide bonds. The fourth-order valence-electron chi connectivity index (χ4n) is 17.4. The molecule has 0 aliphatic rings. The molecular weight excluding hydrogens is 1360 g/mol. The molecule has 9 heterocycles. The average molecular weight is 1430 g/mol. The molecule has 0 unspecified atom stereocenters. The number of rotatable bonds is 4. The molecule has 0 saturated heterocycles. The Balaban J connectivity index is 0.0000000911. The molecule has 10 heteroatoms. The third kappa shape index (κ3) is 10.0. The number of aromatic nitrogens is 6. The summed E-state index contributed by atoms with van der Waals surface area (Å²) in [5.74, 6) is 0.917. The van der Waals surface area contributed by atoms with Gasteiger partial charge in [-0.1, -0.05) is 205 Å². The Morgan fingerprint density at radius 2 is 0.568 bits per heavy atom. The summed E-state index contributed by atoms with van der Waals surface area (Å²) in [6.45, 7) is 8.45. The zero-order chi connectivity index (χ0) is 73.7. The van der Waals surface area contributed by atoms with Gasteiger partial charge >= 0.3 is 0 Å². The highest BCUT2D eigenvalue weighted by molar-refractivity contribution is 6.16. The van der Waals surface area contributed by atoms with Gasteiger partial charge in [0.1, 0.15) is 39.1 Å². The SMILES string of the molecule is Cc1ccc2c(c1)c1ccccc1n2-c1ccc2oc3ccccc3c2c1.Cc1ccc2oc3c(-n4c5ccccc5c5ccccc54)cccc3c2c1.Cc1cccc2c1oc1ccc(-n3c4ccccc4c4ccccc43)cc12.Cc1cccc2c1oc1ccc(-n3c4ccccc4n4c5ccccc5nc34)cc12. The van der Waals surface area contributed by atoms with Crippen LogP contribution in [0.25, 0.3) is 204 Å². The fourth-order valence-corrected chi connectivity index (χ4v) is 17.4. The minimum absolute atomic E-state index is 0.907. The highest BCUT2D eigenvalue weighted by Crippen LogP contribution is 2.43. The van der Waals surface area contributed by atoms with Gasteiger partial charge in [0, 0.05) is 86.8 Å². The zero-order valence-electron chi connectivity index (χ0n) is 61.1. The van der Waals surface area contributed by atoms with Gasteiger partial charge in [0.2, 0.25) is 5.78 Å². The summed E-state index contributed by atoms with van der Waals surface area (Å²) in [6, 6.07) is 119. The molecule has 0 spiro atoms. The van der Waals surface area contributed by atoms with Crippen LogP contribution in [0.1, 0.15) is 22.3 Å². The predicted molar refractivity (Wildman–Crippen MR) is 460 cm³/mol. The smallest absolute Gasteiger partial charge is 0.220 e. The number of furan rings is 4. The maximum Gasteiger partial charge on any atom is 0.220 e. The topological polar surface area (TPSA) is 89.6 Å². The molecule has 0 N–H and O–H groups in total. The first-order valence-corrected chi connectivity index (χ1v) is 37.7. The van der Waals surface area contributed by atoms with Crippen LogP contribution >= 0.6 is 0 Å². The Kier molecular flexibility index (Phi) is 14.3. The summed E-state index contributed by atoms with van der Waals surface area (Å²) in [4.78, 5) is 4.98. The second-order valence-electron chi connectivity index (χ2n) is 29.2. The number of fused-ring (bicyclic) bond motifs is 26. The predicted octanol–water partition coefficient (Wildman–Crippen LogP) is 27.6. The number of nitrogens with zero attached hydrogens (tertiary/aromatic N) is 6. The lowest BCUT2D eigenvalue weighted by molar-refractivity contribution is 0.665. The number of hydrogen-bond acceptors (Lipinski definition) is 5. The van der Waals surface area contributed by atoms with Gasteiger partial charge < -0.3 is 31.4 Å². The molecule has 9 aromatic heterocycles. The van der Waals surface area contributed by atoms with Crippen molar-refractivity contribution < 1.29 is 17.7 Å². The van der Waals surface area contributed by atoms with Gasteiger partial charge in [-0.25, -0.2) is 4.98 Å². The molecule has 0 aliphatic carbocycles. The van der Waals surface area contributed by atoms with E-state index in [-0.39, 0.29) is 0 Å². The van der Waals surface area contributed by atoms with Crippen molar-refractivity contribution in [3.05, 3.63) is 362 Å². The molecule has 111 heavy (non-hydrogen) atoms. The average Bonchev–Trinajstić information content (AvgIpc) is 1.57. The highest BCUT2D eigenvalue weighted by Gasteiger charge is 2.22. The lowest BCUT2D eigenvalue weighted by atomic mass is 10.1. The van der Waals surface area contributed by atoms with E-state index in [1.54, 1.807) is 0 Å². The Morgan fingerprint density at radius 1 is 0.216 bits per heavy atom. The van der Waals surface area contributed by atoms with Crippen LogP contribution in [0.4, 0.5) is 0 Å². The molecule has 0 bridgehead atoms. The minimum Gasteiger partial charge on any atom is -0.456 e. The first-order chi connectivity index (χ1) is 54.7. The van der Waals surface area contributed by atoms with Crippen molar-refractivity contribution in [2.45, 2.75) is 27.7 Å². The number of aryl methyl sites for hydroxylation is 4. The van der Waals surface area contributed by atoms with Crippen molar-refractivity contribution in [2.24, 2.45) is 0 Å². The molecule has 10 nitrogen and oxygen atoms in total. The molecule has 0 fully saturated rings. The second-order valence-corrected chi connectivity index (χ2v) is 29.2. The van der Waals surface area contributed by atoms with Crippen LogP contribution in [0, 0.1) is 27.7 Å². The van der Waals surface area contributed by atoms with Crippen LogP contribution in [-0.4, -0.2) is 27.7 Å². The van der Waals surface area contributed by atoms with Crippen LogP contribution in [-0.2, 0) is 0 Å². The zero-order valence-corrected chi connectivity index (χ0v) is 61.1. The van der Waals surface area contributed by atoms with E-state index >= 15 is 0 Å². The maximum atomic E-state index is 6.34. The van der Waals surface area contributed by atoms with Gasteiger partial charge in [0.25, 0.3) is 0 Å². The largest absolute Gasteiger partial charge is 0.456 e. The molecule has 16 aromatic carbocycles. The van der Waals surface area contributed by atoms with Gasteiger partial charge in [-0.2, -0.15) is 0 Å². The van der Waals surface area contributed by atoms with Gasteiger partial charge in [-0.15, -0.1) is 0 Å². The summed E-state index contributed by atoms with van der Waals surface area (Å²) in [5.41, 5.74) is 28.5. The molecule has 0 aliphatic heterocycles. The van der Waals surface area contributed by atoms with Crippen molar-refractivity contribution >= 4 is 181 Å². The van der Waals surface area contributed by atoms with Gasteiger partial charge in [-0.3, -0.25) is 8.97 Å². The van der Waals surface area contributed by atoms with Crippen LogP contribution in [0.15, 0.2) is 357 Å². The number of para-hydroxylation sites is 13. The van der Waals surface area contributed by atoms with Crippen molar-refractivity contribution in [2.75, 3.05) is 0 Å². The van der Waals surface area contributed by atoms with E-state index in [0.29, 0.717) is 0 Å². The second kappa shape index (κ2) is 25.0. The normalized spacial score (nSPS) is 12.0.